The normalized spacial score (nSPS) is 10.3. The summed E-state index contributed by atoms with van der Waals surface area (Å²) in [5.74, 6) is -1.18. The number of nitro benzene ring substituents is 1. The molecule has 0 aliphatic carbocycles. The van der Waals surface area contributed by atoms with E-state index >= 15 is 0 Å². The van der Waals surface area contributed by atoms with Gasteiger partial charge >= 0.3 is 5.97 Å². The summed E-state index contributed by atoms with van der Waals surface area (Å²) >= 11 is 2.23. The van der Waals surface area contributed by atoms with Crippen LogP contribution in [0.4, 0.5) is 16.5 Å². The van der Waals surface area contributed by atoms with Crippen molar-refractivity contribution in [3.8, 4) is 0 Å². The Morgan fingerprint density at radius 3 is 2.31 bits per heavy atom. The number of hydrogen-bond donors (Lipinski definition) is 2. The molecule has 32 heavy (non-hydrogen) atoms. The van der Waals surface area contributed by atoms with E-state index in [-0.39, 0.29) is 28.0 Å². The SMILES string of the molecule is COC(=O)c1ccc(NC(=O)CSc2nnc(NC(=O)c3ccc([N+](=O)[O-])cc3)s2)cc1. The Balaban J connectivity index is 1.49. The van der Waals surface area contributed by atoms with Crippen LogP contribution in [0.2, 0.25) is 0 Å². The number of nitrogens with zero attached hydrogens (tertiary/aromatic N) is 3. The maximum atomic E-state index is 12.2. The number of hydrogen-bond acceptors (Lipinski definition) is 10. The van der Waals surface area contributed by atoms with Crippen LogP contribution in [-0.2, 0) is 9.53 Å². The van der Waals surface area contributed by atoms with Crippen LogP contribution in [0.15, 0.2) is 52.9 Å². The highest BCUT2D eigenvalue weighted by molar-refractivity contribution is 8.01. The molecule has 164 valence electrons. The van der Waals surface area contributed by atoms with Crippen LogP contribution in [-0.4, -0.2) is 45.8 Å². The van der Waals surface area contributed by atoms with E-state index in [0.29, 0.717) is 15.6 Å². The van der Waals surface area contributed by atoms with Gasteiger partial charge in [-0.3, -0.25) is 25.0 Å². The van der Waals surface area contributed by atoms with Crippen molar-refractivity contribution in [2.75, 3.05) is 23.5 Å². The fourth-order valence-corrected chi connectivity index (χ4v) is 3.90. The van der Waals surface area contributed by atoms with Crippen LogP contribution in [0, 0.1) is 10.1 Å². The Labute approximate surface area is 189 Å². The molecule has 2 amide bonds. The van der Waals surface area contributed by atoms with Gasteiger partial charge in [-0.05, 0) is 36.4 Å². The van der Waals surface area contributed by atoms with Gasteiger partial charge < -0.3 is 10.1 Å². The lowest BCUT2D eigenvalue weighted by molar-refractivity contribution is -0.384. The Morgan fingerprint density at radius 2 is 1.69 bits per heavy atom. The summed E-state index contributed by atoms with van der Waals surface area (Å²) in [6.07, 6.45) is 0. The molecule has 0 fully saturated rings. The van der Waals surface area contributed by atoms with Gasteiger partial charge in [-0.2, -0.15) is 0 Å². The third kappa shape index (κ3) is 6.09. The van der Waals surface area contributed by atoms with Crippen LogP contribution < -0.4 is 10.6 Å². The van der Waals surface area contributed by atoms with Crippen molar-refractivity contribution in [2.45, 2.75) is 4.34 Å². The molecular weight excluding hydrogens is 458 g/mol. The van der Waals surface area contributed by atoms with E-state index in [4.69, 9.17) is 0 Å². The van der Waals surface area contributed by atoms with Crippen LogP contribution >= 0.6 is 23.1 Å². The summed E-state index contributed by atoms with van der Waals surface area (Å²) < 4.78 is 5.09. The Morgan fingerprint density at radius 1 is 1.03 bits per heavy atom. The molecule has 0 unspecified atom stereocenters. The number of esters is 1. The van der Waals surface area contributed by atoms with E-state index in [1.54, 1.807) is 24.3 Å². The molecule has 2 aromatic carbocycles. The number of anilines is 2. The molecule has 0 saturated carbocycles. The van der Waals surface area contributed by atoms with E-state index in [2.05, 4.69) is 25.6 Å². The molecule has 1 aromatic heterocycles. The Kier molecular flexibility index (Phi) is 7.46. The molecule has 0 aliphatic heterocycles. The number of benzene rings is 2. The molecule has 0 saturated heterocycles. The lowest BCUT2D eigenvalue weighted by Gasteiger charge is -2.05. The molecule has 0 spiro atoms. The molecule has 13 heteroatoms. The number of ether oxygens (including phenoxy) is 1. The number of methoxy groups -OCH3 is 1. The first-order valence-electron chi connectivity index (χ1n) is 8.86. The minimum Gasteiger partial charge on any atom is -0.465 e. The lowest BCUT2D eigenvalue weighted by atomic mass is 10.2. The van der Waals surface area contributed by atoms with Crippen molar-refractivity contribution in [1.82, 2.24) is 10.2 Å². The molecule has 1 heterocycles. The molecule has 0 radical (unpaired) electrons. The second kappa shape index (κ2) is 10.5. The topological polar surface area (TPSA) is 153 Å². The van der Waals surface area contributed by atoms with Gasteiger partial charge in [-0.25, -0.2) is 4.79 Å². The van der Waals surface area contributed by atoms with Crippen molar-refractivity contribution in [3.63, 3.8) is 0 Å². The Hall–Kier alpha value is -3.84. The largest absolute Gasteiger partial charge is 0.465 e. The molecule has 11 nitrogen and oxygen atoms in total. The maximum absolute atomic E-state index is 12.2. The highest BCUT2D eigenvalue weighted by Gasteiger charge is 2.14. The molecule has 0 atom stereocenters. The number of rotatable bonds is 8. The van der Waals surface area contributed by atoms with E-state index in [1.165, 1.54) is 31.4 Å². The van der Waals surface area contributed by atoms with Gasteiger partial charge in [-0.1, -0.05) is 23.1 Å². The van der Waals surface area contributed by atoms with E-state index in [1.807, 2.05) is 0 Å². The second-order valence-corrected chi connectivity index (χ2v) is 8.24. The number of non-ortho nitro benzene ring substituents is 1. The van der Waals surface area contributed by atoms with Gasteiger partial charge in [0.1, 0.15) is 0 Å². The zero-order chi connectivity index (χ0) is 23.1. The van der Waals surface area contributed by atoms with Crippen LogP contribution in [0.1, 0.15) is 20.7 Å². The average molecular weight is 473 g/mol. The second-order valence-electron chi connectivity index (χ2n) is 6.04. The number of nitro groups is 1. The third-order valence-electron chi connectivity index (χ3n) is 3.88. The van der Waals surface area contributed by atoms with E-state index in [0.717, 1.165) is 23.1 Å². The Bertz CT molecular complexity index is 1150. The number of aromatic nitrogens is 2. The smallest absolute Gasteiger partial charge is 0.337 e. The van der Waals surface area contributed by atoms with Gasteiger partial charge in [0.15, 0.2) is 4.34 Å². The number of amides is 2. The average Bonchev–Trinajstić information content (AvgIpc) is 3.25. The highest BCUT2D eigenvalue weighted by Crippen LogP contribution is 2.26. The lowest BCUT2D eigenvalue weighted by Crippen LogP contribution is -2.14. The maximum Gasteiger partial charge on any atom is 0.337 e. The zero-order valence-electron chi connectivity index (χ0n) is 16.4. The summed E-state index contributed by atoms with van der Waals surface area (Å²) in [7, 11) is 1.29. The number of carbonyl (C=O) groups is 3. The van der Waals surface area contributed by atoms with Crippen molar-refractivity contribution in [3.05, 3.63) is 69.8 Å². The number of thioether (sulfide) groups is 1. The third-order valence-corrected chi connectivity index (χ3v) is 5.86. The zero-order valence-corrected chi connectivity index (χ0v) is 18.1. The van der Waals surface area contributed by atoms with Crippen LogP contribution in [0.25, 0.3) is 0 Å². The first kappa shape index (κ1) is 22.8. The van der Waals surface area contributed by atoms with Crippen molar-refractivity contribution >= 4 is 57.4 Å². The monoisotopic (exact) mass is 473 g/mol. The first-order valence-corrected chi connectivity index (χ1v) is 10.7. The standard InChI is InChI=1S/C19H15N5O6S2/c1-30-17(27)12-2-6-13(7-3-12)20-15(25)10-31-19-23-22-18(32-19)21-16(26)11-4-8-14(9-5-11)24(28)29/h2-9H,10H2,1H3,(H,20,25)(H,21,22,26). The van der Waals surface area contributed by atoms with Crippen molar-refractivity contribution in [1.29, 1.82) is 0 Å². The summed E-state index contributed by atoms with van der Waals surface area (Å²) in [6.45, 7) is 0. The van der Waals surface area contributed by atoms with Gasteiger partial charge in [0, 0.05) is 23.4 Å². The molecule has 2 N–H and O–H groups in total. The molecule has 3 rings (SSSR count). The van der Waals surface area contributed by atoms with E-state index < -0.39 is 16.8 Å². The fourth-order valence-electron chi connectivity index (χ4n) is 2.35. The first-order chi connectivity index (χ1) is 15.4. The van der Waals surface area contributed by atoms with Gasteiger partial charge in [0.25, 0.3) is 11.6 Å². The van der Waals surface area contributed by atoms with Crippen molar-refractivity contribution in [2.24, 2.45) is 0 Å². The van der Waals surface area contributed by atoms with Crippen molar-refractivity contribution < 1.29 is 24.0 Å². The van der Waals surface area contributed by atoms with E-state index in [9.17, 15) is 24.5 Å². The summed E-state index contributed by atoms with van der Waals surface area (Å²) in [5, 5.41) is 23.9. The fraction of sp³-hybridized carbons (Fsp3) is 0.105. The van der Waals surface area contributed by atoms with Gasteiger partial charge in [0.05, 0.1) is 23.3 Å². The molecule has 0 aliphatic rings. The molecule has 0 bridgehead atoms. The van der Waals surface area contributed by atoms with Gasteiger partial charge in [-0.15, -0.1) is 10.2 Å². The predicted octanol–water partition coefficient (Wildman–Crippen LogP) is 3.22. The van der Waals surface area contributed by atoms with Crippen LogP contribution in [0.3, 0.4) is 0 Å². The summed E-state index contributed by atoms with van der Waals surface area (Å²) in [4.78, 5) is 45.9. The number of nitrogens with one attached hydrogen (secondary N) is 2. The number of carbonyl (C=O) groups excluding carboxylic acids is 3. The quantitative estimate of drug-likeness (QED) is 0.165. The summed E-state index contributed by atoms with van der Waals surface area (Å²) in [5.41, 5.74) is 1.01. The summed E-state index contributed by atoms with van der Waals surface area (Å²) in [6, 6.07) is 11.4. The minimum atomic E-state index is -0.552. The van der Waals surface area contributed by atoms with Crippen LogP contribution in [0.5, 0.6) is 0 Å². The molecular formula is C19H15N5O6S2. The van der Waals surface area contributed by atoms with Gasteiger partial charge in [0.2, 0.25) is 11.0 Å². The molecule has 3 aromatic rings. The highest BCUT2D eigenvalue weighted by atomic mass is 32.2. The predicted molar refractivity (Wildman–Crippen MR) is 118 cm³/mol. The minimum absolute atomic E-state index is 0.0592.